The second kappa shape index (κ2) is 2.81. The third-order valence-corrected chi connectivity index (χ3v) is 3.00. The second-order valence-electron chi connectivity index (χ2n) is 4.77. The molecular formula is C12H13FO2. The Hall–Kier alpha value is -1.38. The molecule has 0 aliphatic heterocycles. The van der Waals surface area contributed by atoms with E-state index in [1.54, 1.807) is 20.8 Å². The first-order chi connectivity index (χ1) is 6.84. The number of hydrogen-bond acceptors (Lipinski definition) is 2. The lowest BCUT2D eigenvalue weighted by Gasteiger charge is -2.13. The smallest absolute Gasteiger partial charge is 0.172 e. The summed E-state index contributed by atoms with van der Waals surface area (Å²) in [4.78, 5) is 11.9. The van der Waals surface area contributed by atoms with Gasteiger partial charge in [0, 0.05) is 11.0 Å². The van der Waals surface area contributed by atoms with Gasteiger partial charge in [0.05, 0.1) is 5.56 Å². The minimum atomic E-state index is -0.603. The molecule has 1 N–H and O–H groups in total. The first-order valence-corrected chi connectivity index (χ1v) is 4.90. The highest BCUT2D eigenvalue weighted by Crippen LogP contribution is 2.42. The van der Waals surface area contributed by atoms with Gasteiger partial charge in [0.15, 0.2) is 5.78 Å². The van der Waals surface area contributed by atoms with E-state index in [-0.39, 0.29) is 22.9 Å². The maximum atomic E-state index is 13.6. The Morgan fingerprint density at radius 3 is 2.67 bits per heavy atom. The van der Waals surface area contributed by atoms with Crippen LogP contribution in [-0.2, 0) is 6.42 Å². The summed E-state index contributed by atoms with van der Waals surface area (Å²) in [6.07, 6.45) is 0.362. The SMILES string of the molecule is Cc1cc(F)c2c(c1O)C(=O)C(C)(C)C2. The fourth-order valence-corrected chi connectivity index (χ4v) is 2.08. The van der Waals surface area contributed by atoms with E-state index in [1.165, 1.54) is 6.07 Å². The zero-order valence-electron chi connectivity index (χ0n) is 9.02. The highest BCUT2D eigenvalue weighted by molar-refractivity contribution is 6.06. The van der Waals surface area contributed by atoms with E-state index in [2.05, 4.69) is 0 Å². The van der Waals surface area contributed by atoms with Crippen LogP contribution in [0.25, 0.3) is 0 Å². The predicted molar refractivity (Wildman–Crippen MR) is 54.6 cm³/mol. The Bertz CT molecular complexity index is 461. The van der Waals surface area contributed by atoms with Gasteiger partial charge >= 0.3 is 0 Å². The van der Waals surface area contributed by atoms with Crippen molar-refractivity contribution in [3.05, 3.63) is 28.6 Å². The van der Waals surface area contributed by atoms with Crippen molar-refractivity contribution >= 4 is 5.78 Å². The van der Waals surface area contributed by atoms with Crippen LogP contribution in [0.1, 0.15) is 35.3 Å². The number of benzene rings is 1. The Morgan fingerprint density at radius 1 is 1.47 bits per heavy atom. The number of carbonyl (C=O) groups excluding carboxylic acids is 1. The van der Waals surface area contributed by atoms with Gasteiger partial charge in [0.25, 0.3) is 0 Å². The molecule has 0 spiro atoms. The van der Waals surface area contributed by atoms with Gasteiger partial charge in [-0.05, 0) is 25.0 Å². The van der Waals surface area contributed by atoms with Crippen molar-refractivity contribution in [2.75, 3.05) is 0 Å². The molecule has 3 heteroatoms. The average molecular weight is 208 g/mol. The molecule has 0 bridgehead atoms. The lowest BCUT2D eigenvalue weighted by Crippen LogP contribution is -2.19. The van der Waals surface area contributed by atoms with Gasteiger partial charge in [-0.1, -0.05) is 13.8 Å². The first kappa shape index (κ1) is 10.1. The molecule has 0 atom stereocenters. The van der Waals surface area contributed by atoms with Crippen molar-refractivity contribution in [1.29, 1.82) is 0 Å². The molecule has 0 radical (unpaired) electrons. The maximum absolute atomic E-state index is 13.6. The van der Waals surface area contributed by atoms with E-state index in [0.717, 1.165) is 0 Å². The molecule has 2 rings (SSSR count). The summed E-state index contributed by atoms with van der Waals surface area (Å²) in [6.45, 7) is 5.13. The number of halogens is 1. The van der Waals surface area contributed by atoms with Gasteiger partial charge in [-0.15, -0.1) is 0 Å². The number of aromatic hydroxyl groups is 1. The Balaban J connectivity index is 2.75. The number of hydrogen-bond donors (Lipinski definition) is 1. The van der Waals surface area contributed by atoms with Crippen molar-refractivity contribution in [3.63, 3.8) is 0 Å². The van der Waals surface area contributed by atoms with Gasteiger partial charge in [0.1, 0.15) is 11.6 Å². The zero-order valence-corrected chi connectivity index (χ0v) is 9.02. The number of fused-ring (bicyclic) bond motifs is 1. The van der Waals surface area contributed by atoms with Crippen LogP contribution in [0.2, 0.25) is 0 Å². The summed E-state index contributed by atoms with van der Waals surface area (Å²) in [5.74, 6) is -0.626. The van der Waals surface area contributed by atoms with Gasteiger partial charge in [0.2, 0.25) is 0 Å². The molecule has 80 valence electrons. The number of phenolic OH excluding ortho intramolecular Hbond substituents is 1. The quantitative estimate of drug-likeness (QED) is 0.711. The fourth-order valence-electron chi connectivity index (χ4n) is 2.08. The third-order valence-electron chi connectivity index (χ3n) is 3.00. The van der Waals surface area contributed by atoms with Crippen LogP contribution in [0.5, 0.6) is 5.75 Å². The van der Waals surface area contributed by atoms with E-state index in [1.807, 2.05) is 0 Å². The van der Waals surface area contributed by atoms with Crippen LogP contribution in [0, 0.1) is 18.2 Å². The van der Waals surface area contributed by atoms with E-state index in [9.17, 15) is 14.3 Å². The normalized spacial score (nSPS) is 18.0. The zero-order chi connectivity index (χ0) is 11.4. The molecule has 1 aromatic carbocycles. The molecule has 0 unspecified atom stereocenters. The average Bonchev–Trinajstić information content (AvgIpc) is 2.36. The number of carbonyl (C=O) groups is 1. The first-order valence-electron chi connectivity index (χ1n) is 4.90. The molecule has 0 saturated carbocycles. The fraction of sp³-hybridized carbons (Fsp3) is 0.417. The molecule has 0 saturated heterocycles. The number of Topliss-reactive ketones (excluding diaryl/α,β-unsaturated/α-hetero) is 1. The van der Waals surface area contributed by atoms with Crippen molar-refractivity contribution in [3.8, 4) is 5.75 Å². The summed E-state index contributed by atoms with van der Waals surface area (Å²) in [5.41, 5.74) is 0.344. The predicted octanol–water partition coefficient (Wildman–Crippen LogP) is 2.60. The molecule has 0 amide bonds. The molecule has 1 aromatic rings. The minimum absolute atomic E-state index is 0.0676. The van der Waals surface area contributed by atoms with Crippen molar-refractivity contribution in [1.82, 2.24) is 0 Å². The Morgan fingerprint density at radius 2 is 2.07 bits per heavy atom. The van der Waals surface area contributed by atoms with E-state index in [4.69, 9.17) is 0 Å². The molecule has 2 nitrogen and oxygen atoms in total. The minimum Gasteiger partial charge on any atom is -0.507 e. The standard InChI is InChI=1S/C12H13FO2/c1-6-4-8(13)7-5-12(2,3)11(15)9(7)10(6)14/h4,14H,5H2,1-3H3. The van der Waals surface area contributed by atoms with Crippen LogP contribution in [0.15, 0.2) is 6.07 Å². The van der Waals surface area contributed by atoms with Gasteiger partial charge in [-0.3, -0.25) is 4.79 Å². The topological polar surface area (TPSA) is 37.3 Å². The van der Waals surface area contributed by atoms with Crippen LogP contribution < -0.4 is 0 Å². The largest absolute Gasteiger partial charge is 0.507 e. The second-order valence-corrected chi connectivity index (χ2v) is 4.77. The molecule has 1 aliphatic rings. The highest BCUT2D eigenvalue weighted by atomic mass is 19.1. The molecular weight excluding hydrogens is 195 g/mol. The summed E-state index contributed by atoms with van der Waals surface area (Å²) >= 11 is 0. The van der Waals surface area contributed by atoms with Crippen LogP contribution in [0.3, 0.4) is 0 Å². The monoisotopic (exact) mass is 208 g/mol. The molecule has 15 heavy (non-hydrogen) atoms. The summed E-state index contributed by atoms with van der Waals surface area (Å²) in [6, 6.07) is 1.28. The van der Waals surface area contributed by atoms with Crippen molar-refractivity contribution in [2.45, 2.75) is 27.2 Å². The molecule has 0 fully saturated rings. The van der Waals surface area contributed by atoms with Gasteiger partial charge in [-0.2, -0.15) is 0 Å². The van der Waals surface area contributed by atoms with Crippen molar-refractivity contribution < 1.29 is 14.3 Å². The third kappa shape index (κ3) is 1.26. The number of ketones is 1. The summed E-state index contributed by atoms with van der Waals surface area (Å²) < 4.78 is 13.6. The summed E-state index contributed by atoms with van der Waals surface area (Å²) in [5, 5.41) is 9.76. The van der Waals surface area contributed by atoms with Crippen LogP contribution in [0.4, 0.5) is 4.39 Å². The number of aryl methyl sites for hydroxylation is 1. The highest BCUT2D eigenvalue weighted by Gasteiger charge is 2.41. The van der Waals surface area contributed by atoms with Gasteiger partial charge < -0.3 is 5.11 Å². The summed E-state index contributed by atoms with van der Waals surface area (Å²) in [7, 11) is 0. The van der Waals surface area contributed by atoms with E-state index >= 15 is 0 Å². The molecule has 0 aromatic heterocycles. The van der Waals surface area contributed by atoms with Crippen LogP contribution in [-0.4, -0.2) is 10.9 Å². The van der Waals surface area contributed by atoms with Crippen LogP contribution >= 0.6 is 0 Å². The Kier molecular flexibility index (Phi) is 1.90. The lowest BCUT2D eigenvalue weighted by atomic mass is 9.89. The molecule has 0 heterocycles. The van der Waals surface area contributed by atoms with Gasteiger partial charge in [-0.25, -0.2) is 4.39 Å². The lowest BCUT2D eigenvalue weighted by molar-refractivity contribution is 0.0861. The maximum Gasteiger partial charge on any atom is 0.172 e. The Labute approximate surface area is 87.7 Å². The van der Waals surface area contributed by atoms with E-state index in [0.29, 0.717) is 17.5 Å². The van der Waals surface area contributed by atoms with E-state index < -0.39 is 5.41 Å². The number of phenols is 1. The molecule has 1 aliphatic carbocycles. The number of rotatable bonds is 0. The van der Waals surface area contributed by atoms with Crippen molar-refractivity contribution in [2.24, 2.45) is 5.41 Å².